The van der Waals surface area contributed by atoms with Crippen LogP contribution in [0.3, 0.4) is 0 Å². The lowest BCUT2D eigenvalue weighted by molar-refractivity contribution is -0.274. The van der Waals surface area contributed by atoms with Gasteiger partial charge in [-0.15, -0.1) is 13.2 Å². The minimum absolute atomic E-state index is 0.00697. The molecule has 1 aromatic carbocycles. The zero-order valence-electron chi connectivity index (χ0n) is 10.1. The number of nitriles is 1. The van der Waals surface area contributed by atoms with Crippen LogP contribution in [0.4, 0.5) is 24.7 Å². The number of ether oxygens (including phenoxy) is 1. The number of rotatable bonds is 3. The third-order valence-electron chi connectivity index (χ3n) is 2.23. The molecule has 0 saturated carbocycles. The summed E-state index contributed by atoms with van der Waals surface area (Å²) in [5.41, 5.74) is -0.0362. The van der Waals surface area contributed by atoms with Gasteiger partial charge in [0.05, 0.1) is 5.69 Å². The number of halogens is 4. The Bertz CT molecular complexity index is 700. The van der Waals surface area contributed by atoms with E-state index in [4.69, 9.17) is 5.26 Å². The lowest BCUT2D eigenvalue weighted by Gasteiger charge is -2.14. The van der Waals surface area contributed by atoms with Crippen molar-refractivity contribution in [3.8, 4) is 11.8 Å². The molecule has 0 aliphatic rings. The van der Waals surface area contributed by atoms with Crippen LogP contribution in [0, 0.1) is 11.3 Å². The molecular formula is C12H6BrF3N4O. The third kappa shape index (κ3) is 4.06. The summed E-state index contributed by atoms with van der Waals surface area (Å²) in [4.78, 5) is 7.62. The standard InChI is InChI=1S/C12H6BrF3N4O/c13-7-1-2-8(10(5-7)21-12(14,15)16)20-11-9(6-17)18-3-4-19-11/h1-5H,(H,19,20). The summed E-state index contributed by atoms with van der Waals surface area (Å²) in [5, 5.41) is 11.5. The summed E-state index contributed by atoms with van der Waals surface area (Å²) in [6.07, 6.45) is -2.22. The number of nitrogens with zero attached hydrogens (tertiary/aromatic N) is 3. The molecule has 0 aliphatic carbocycles. The van der Waals surface area contributed by atoms with Gasteiger partial charge in [-0.25, -0.2) is 9.97 Å². The lowest BCUT2D eigenvalue weighted by Crippen LogP contribution is -2.18. The van der Waals surface area contributed by atoms with Crippen molar-refractivity contribution in [1.29, 1.82) is 5.26 Å². The summed E-state index contributed by atoms with van der Waals surface area (Å²) in [6, 6.07) is 5.82. The monoisotopic (exact) mass is 358 g/mol. The molecule has 21 heavy (non-hydrogen) atoms. The molecular weight excluding hydrogens is 353 g/mol. The maximum Gasteiger partial charge on any atom is 0.573 e. The molecule has 5 nitrogen and oxygen atoms in total. The van der Waals surface area contributed by atoms with Gasteiger partial charge >= 0.3 is 6.36 Å². The molecule has 1 aromatic heterocycles. The Balaban J connectivity index is 2.38. The Kier molecular flexibility index (Phi) is 4.28. The van der Waals surface area contributed by atoms with Crippen LogP contribution >= 0.6 is 15.9 Å². The van der Waals surface area contributed by atoms with Crippen LogP contribution in [0.25, 0.3) is 0 Å². The van der Waals surface area contributed by atoms with E-state index < -0.39 is 12.1 Å². The number of nitrogens with one attached hydrogen (secondary N) is 1. The van der Waals surface area contributed by atoms with Crippen molar-refractivity contribution in [2.45, 2.75) is 6.36 Å². The van der Waals surface area contributed by atoms with E-state index in [9.17, 15) is 13.2 Å². The molecule has 2 rings (SSSR count). The first kappa shape index (κ1) is 15.1. The molecule has 1 N–H and O–H groups in total. The van der Waals surface area contributed by atoms with Crippen molar-refractivity contribution in [3.63, 3.8) is 0 Å². The first-order valence-electron chi connectivity index (χ1n) is 5.42. The molecule has 0 radical (unpaired) electrons. The van der Waals surface area contributed by atoms with E-state index in [1.807, 2.05) is 0 Å². The van der Waals surface area contributed by atoms with Crippen molar-refractivity contribution in [2.75, 3.05) is 5.32 Å². The van der Waals surface area contributed by atoms with Crippen molar-refractivity contribution in [3.05, 3.63) is 40.8 Å². The van der Waals surface area contributed by atoms with E-state index in [1.165, 1.54) is 24.5 Å². The molecule has 2 aromatic rings. The largest absolute Gasteiger partial charge is 0.573 e. The molecule has 0 fully saturated rings. The van der Waals surface area contributed by atoms with Gasteiger partial charge in [0.1, 0.15) is 6.07 Å². The van der Waals surface area contributed by atoms with Crippen molar-refractivity contribution in [1.82, 2.24) is 9.97 Å². The fourth-order valence-electron chi connectivity index (χ4n) is 1.45. The topological polar surface area (TPSA) is 70.8 Å². The zero-order chi connectivity index (χ0) is 15.5. The average molecular weight is 359 g/mol. The maximum absolute atomic E-state index is 12.4. The number of hydrogen-bond donors (Lipinski definition) is 1. The van der Waals surface area contributed by atoms with E-state index >= 15 is 0 Å². The smallest absolute Gasteiger partial charge is 0.404 e. The van der Waals surface area contributed by atoms with Crippen molar-refractivity contribution in [2.24, 2.45) is 0 Å². The molecule has 0 saturated heterocycles. The summed E-state index contributed by atoms with van der Waals surface area (Å²) < 4.78 is 41.5. The predicted octanol–water partition coefficient (Wildman–Crippen LogP) is 3.75. The predicted molar refractivity (Wildman–Crippen MR) is 70.9 cm³/mol. The normalized spacial score (nSPS) is 10.8. The second-order valence-corrected chi connectivity index (χ2v) is 4.59. The van der Waals surface area contributed by atoms with Gasteiger partial charge in [0.15, 0.2) is 17.3 Å². The Morgan fingerprint density at radius 1 is 1.24 bits per heavy atom. The third-order valence-corrected chi connectivity index (χ3v) is 2.72. The van der Waals surface area contributed by atoms with Gasteiger partial charge in [-0.1, -0.05) is 15.9 Å². The van der Waals surface area contributed by atoms with E-state index in [-0.39, 0.29) is 17.2 Å². The summed E-state index contributed by atoms with van der Waals surface area (Å²) in [6.45, 7) is 0. The molecule has 108 valence electrons. The van der Waals surface area contributed by atoms with Crippen LogP contribution in [0.15, 0.2) is 35.1 Å². The van der Waals surface area contributed by atoms with E-state index in [2.05, 4.69) is 36.0 Å². The van der Waals surface area contributed by atoms with Crippen LogP contribution < -0.4 is 10.1 Å². The van der Waals surface area contributed by atoms with Crippen LogP contribution in [-0.2, 0) is 0 Å². The van der Waals surface area contributed by atoms with Gasteiger partial charge in [0.25, 0.3) is 0 Å². The van der Waals surface area contributed by atoms with Crippen molar-refractivity contribution < 1.29 is 17.9 Å². The van der Waals surface area contributed by atoms with Gasteiger partial charge in [-0.3, -0.25) is 0 Å². The molecule has 1 heterocycles. The van der Waals surface area contributed by atoms with Gasteiger partial charge < -0.3 is 10.1 Å². The Hall–Kier alpha value is -2.34. The summed E-state index contributed by atoms with van der Waals surface area (Å²) >= 11 is 3.06. The highest BCUT2D eigenvalue weighted by Crippen LogP contribution is 2.34. The summed E-state index contributed by atoms with van der Waals surface area (Å²) in [5.74, 6) is -0.416. The van der Waals surface area contributed by atoms with Crippen LogP contribution in [0.1, 0.15) is 5.69 Å². The molecule has 0 unspecified atom stereocenters. The van der Waals surface area contributed by atoms with E-state index in [1.54, 1.807) is 6.07 Å². The molecule has 0 bridgehead atoms. The zero-order valence-corrected chi connectivity index (χ0v) is 11.7. The van der Waals surface area contributed by atoms with Gasteiger partial charge in [-0.2, -0.15) is 5.26 Å². The first-order chi connectivity index (χ1) is 9.89. The Morgan fingerprint density at radius 3 is 2.62 bits per heavy atom. The fourth-order valence-corrected chi connectivity index (χ4v) is 1.79. The molecule has 9 heteroatoms. The average Bonchev–Trinajstić information content (AvgIpc) is 2.40. The second-order valence-electron chi connectivity index (χ2n) is 3.68. The second kappa shape index (κ2) is 5.97. The summed E-state index contributed by atoms with van der Waals surface area (Å²) in [7, 11) is 0. The number of benzene rings is 1. The van der Waals surface area contributed by atoms with Crippen LogP contribution in [-0.4, -0.2) is 16.3 Å². The molecule has 0 aliphatic heterocycles. The molecule has 0 spiro atoms. The van der Waals surface area contributed by atoms with Crippen molar-refractivity contribution >= 4 is 27.4 Å². The highest BCUT2D eigenvalue weighted by Gasteiger charge is 2.32. The Morgan fingerprint density at radius 2 is 1.95 bits per heavy atom. The number of alkyl halides is 3. The number of hydrogen-bond acceptors (Lipinski definition) is 5. The first-order valence-corrected chi connectivity index (χ1v) is 6.22. The molecule has 0 amide bonds. The van der Waals surface area contributed by atoms with Crippen LogP contribution in [0.2, 0.25) is 0 Å². The highest BCUT2D eigenvalue weighted by atomic mass is 79.9. The minimum atomic E-state index is -4.84. The van der Waals surface area contributed by atoms with E-state index in [0.29, 0.717) is 4.47 Å². The molecule has 0 atom stereocenters. The lowest BCUT2D eigenvalue weighted by atomic mass is 10.3. The maximum atomic E-state index is 12.4. The number of anilines is 2. The highest BCUT2D eigenvalue weighted by molar-refractivity contribution is 9.10. The van der Waals surface area contributed by atoms with Gasteiger partial charge in [0.2, 0.25) is 0 Å². The Labute approximate surface area is 125 Å². The van der Waals surface area contributed by atoms with Crippen LogP contribution in [0.5, 0.6) is 5.75 Å². The van der Waals surface area contributed by atoms with Gasteiger partial charge in [-0.05, 0) is 18.2 Å². The fraction of sp³-hybridized carbons (Fsp3) is 0.0833. The van der Waals surface area contributed by atoms with E-state index in [0.717, 1.165) is 6.07 Å². The van der Waals surface area contributed by atoms with Gasteiger partial charge in [0, 0.05) is 16.9 Å². The SMILES string of the molecule is N#Cc1nccnc1Nc1ccc(Br)cc1OC(F)(F)F. The minimum Gasteiger partial charge on any atom is -0.404 e. The number of aromatic nitrogens is 2. The quantitative estimate of drug-likeness (QED) is 0.904.